The Labute approximate surface area is 180 Å². The molecule has 0 aliphatic carbocycles. The lowest BCUT2D eigenvalue weighted by Crippen LogP contribution is -2.27. The van der Waals surface area contributed by atoms with Gasteiger partial charge in [-0.3, -0.25) is 4.90 Å². The first-order valence-corrected chi connectivity index (χ1v) is 10.3. The number of rotatable bonds is 13. The minimum absolute atomic E-state index is 0.405. The molecule has 0 saturated carbocycles. The molecule has 0 atom stereocenters. The van der Waals surface area contributed by atoms with Crippen LogP contribution in [0.3, 0.4) is 0 Å². The quantitative estimate of drug-likeness (QED) is 0.452. The van der Waals surface area contributed by atoms with E-state index in [4.69, 9.17) is 13.9 Å². The molecule has 0 bridgehead atoms. The zero-order chi connectivity index (χ0) is 22.1. The van der Waals surface area contributed by atoms with Crippen LogP contribution in [0.25, 0.3) is 0 Å². The normalized spacial score (nSPS) is 11.7. The van der Waals surface area contributed by atoms with Crippen LogP contribution in [0.4, 0.5) is 0 Å². The van der Waals surface area contributed by atoms with Gasteiger partial charge in [-0.15, -0.1) is 13.2 Å². The first-order valence-electron chi connectivity index (χ1n) is 10.3. The Balaban J connectivity index is 2.25. The molecule has 5 nitrogen and oxygen atoms in total. The molecule has 1 aromatic carbocycles. The number of hydrogen-bond acceptors (Lipinski definition) is 5. The average molecular weight is 414 g/mol. The van der Waals surface area contributed by atoms with Crippen LogP contribution < -0.4 is 9.47 Å². The van der Waals surface area contributed by atoms with Gasteiger partial charge in [-0.2, -0.15) is 0 Å². The highest BCUT2D eigenvalue weighted by Gasteiger charge is 2.30. The van der Waals surface area contributed by atoms with Crippen molar-refractivity contribution >= 4 is 0 Å². The van der Waals surface area contributed by atoms with Crippen molar-refractivity contribution in [3.8, 4) is 11.5 Å². The molecular formula is C25H35NO4. The van der Waals surface area contributed by atoms with Crippen molar-refractivity contribution in [3.05, 3.63) is 72.7 Å². The van der Waals surface area contributed by atoms with Gasteiger partial charge in [0.2, 0.25) is 0 Å². The van der Waals surface area contributed by atoms with E-state index in [1.807, 2.05) is 24.3 Å². The molecule has 1 N–H and O–H groups in total. The van der Waals surface area contributed by atoms with Gasteiger partial charge in [-0.25, -0.2) is 0 Å². The highest BCUT2D eigenvalue weighted by molar-refractivity contribution is 5.46. The third-order valence-electron chi connectivity index (χ3n) is 4.97. The van der Waals surface area contributed by atoms with E-state index in [0.717, 1.165) is 29.4 Å². The van der Waals surface area contributed by atoms with Crippen molar-refractivity contribution in [1.82, 2.24) is 4.90 Å². The van der Waals surface area contributed by atoms with Crippen LogP contribution in [-0.2, 0) is 18.7 Å². The first kappa shape index (κ1) is 23.8. The van der Waals surface area contributed by atoms with Crippen LogP contribution in [0.5, 0.6) is 11.5 Å². The molecule has 0 radical (unpaired) electrons. The van der Waals surface area contributed by atoms with Crippen molar-refractivity contribution in [2.24, 2.45) is 5.92 Å². The maximum atomic E-state index is 11.0. The first-order chi connectivity index (χ1) is 14.4. The molecule has 164 valence electrons. The molecule has 1 aromatic heterocycles. The van der Waals surface area contributed by atoms with Gasteiger partial charge in [-0.05, 0) is 24.1 Å². The SMILES string of the molecule is C=CCC(O)(CC=C)c1ccc(CN(Cc2cccc(OC)c2OC)CC(C)C)o1. The summed E-state index contributed by atoms with van der Waals surface area (Å²) < 4.78 is 17.1. The summed E-state index contributed by atoms with van der Waals surface area (Å²) in [5.74, 6) is 3.30. The number of benzene rings is 1. The summed E-state index contributed by atoms with van der Waals surface area (Å²) in [6, 6.07) is 9.70. The number of methoxy groups -OCH3 is 2. The lowest BCUT2D eigenvalue weighted by atomic mass is 9.93. The highest BCUT2D eigenvalue weighted by atomic mass is 16.5. The standard InChI is InChI=1S/C25H35NO4/c1-7-14-25(27,15-8-2)23-13-12-21(30-23)18-26(16-19(3)4)17-20-10-9-11-22(28-5)24(20)29-6/h7-13,19,27H,1-2,14-18H2,3-6H3. The van der Waals surface area contributed by atoms with Gasteiger partial charge in [0, 0.05) is 31.5 Å². The van der Waals surface area contributed by atoms with E-state index in [2.05, 4.69) is 38.0 Å². The number of hydrogen-bond donors (Lipinski definition) is 1. The second-order valence-electron chi connectivity index (χ2n) is 8.00. The second-order valence-corrected chi connectivity index (χ2v) is 8.00. The summed E-state index contributed by atoms with van der Waals surface area (Å²) in [7, 11) is 3.30. The van der Waals surface area contributed by atoms with Crippen LogP contribution >= 0.6 is 0 Å². The fourth-order valence-electron chi connectivity index (χ4n) is 3.72. The van der Waals surface area contributed by atoms with Crippen LogP contribution in [-0.4, -0.2) is 30.8 Å². The third-order valence-corrected chi connectivity index (χ3v) is 4.97. The Kier molecular flexibility index (Phi) is 8.75. The Hall–Kier alpha value is -2.50. The minimum Gasteiger partial charge on any atom is -0.493 e. The van der Waals surface area contributed by atoms with E-state index in [9.17, 15) is 5.11 Å². The Morgan fingerprint density at radius 2 is 1.77 bits per heavy atom. The topological polar surface area (TPSA) is 55.1 Å². The molecule has 0 unspecified atom stereocenters. The van der Waals surface area contributed by atoms with Crippen LogP contribution in [0.15, 0.2) is 60.1 Å². The molecule has 2 aromatic rings. The maximum Gasteiger partial charge on any atom is 0.165 e. The van der Waals surface area contributed by atoms with Crippen LogP contribution in [0, 0.1) is 5.92 Å². The van der Waals surface area contributed by atoms with E-state index < -0.39 is 5.60 Å². The van der Waals surface area contributed by atoms with Crippen molar-refractivity contribution in [2.45, 2.75) is 45.4 Å². The molecule has 0 spiro atoms. The van der Waals surface area contributed by atoms with Gasteiger partial charge >= 0.3 is 0 Å². The molecule has 0 aliphatic rings. The average Bonchev–Trinajstić information content (AvgIpc) is 3.17. The van der Waals surface area contributed by atoms with Gasteiger partial charge in [-0.1, -0.05) is 38.1 Å². The molecule has 0 amide bonds. The zero-order valence-electron chi connectivity index (χ0n) is 18.7. The lowest BCUT2D eigenvalue weighted by Gasteiger charge is -2.25. The van der Waals surface area contributed by atoms with Crippen molar-refractivity contribution in [1.29, 1.82) is 0 Å². The molecule has 0 aliphatic heterocycles. The summed E-state index contributed by atoms with van der Waals surface area (Å²) in [5, 5.41) is 11.0. The summed E-state index contributed by atoms with van der Waals surface area (Å²) in [6.45, 7) is 14.1. The number of aliphatic hydroxyl groups is 1. The van der Waals surface area contributed by atoms with Gasteiger partial charge in [0.25, 0.3) is 0 Å². The molecule has 30 heavy (non-hydrogen) atoms. The molecule has 5 heteroatoms. The number of ether oxygens (including phenoxy) is 2. The van der Waals surface area contributed by atoms with Gasteiger partial charge in [0.15, 0.2) is 11.5 Å². The second kappa shape index (κ2) is 11.0. The van der Waals surface area contributed by atoms with Crippen molar-refractivity contribution in [2.75, 3.05) is 20.8 Å². The van der Waals surface area contributed by atoms with Crippen molar-refractivity contribution < 1.29 is 19.0 Å². The molecule has 0 fully saturated rings. The van der Waals surface area contributed by atoms with E-state index in [-0.39, 0.29) is 0 Å². The maximum absolute atomic E-state index is 11.0. The Bertz CT molecular complexity index is 814. The molecule has 1 heterocycles. The summed E-state index contributed by atoms with van der Waals surface area (Å²) in [4.78, 5) is 2.31. The fraction of sp³-hybridized carbons (Fsp3) is 0.440. The highest BCUT2D eigenvalue weighted by Crippen LogP contribution is 2.33. The predicted molar refractivity (Wildman–Crippen MR) is 121 cm³/mol. The van der Waals surface area contributed by atoms with Gasteiger partial charge in [0.1, 0.15) is 17.1 Å². The van der Waals surface area contributed by atoms with Gasteiger partial charge in [0.05, 0.1) is 20.8 Å². The van der Waals surface area contributed by atoms with E-state index in [1.165, 1.54) is 0 Å². The van der Waals surface area contributed by atoms with Crippen molar-refractivity contribution in [3.63, 3.8) is 0 Å². The Morgan fingerprint density at radius 3 is 2.33 bits per heavy atom. The Morgan fingerprint density at radius 1 is 1.07 bits per heavy atom. The lowest BCUT2D eigenvalue weighted by molar-refractivity contribution is 0.0186. The molecular weight excluding hydrogens is 378 g/mol. The van der Waals surface area contributed by atoms with E-state index in [0.29, 0.717) is 37.6 Å². The number of nitrogens with zero attached hydrogens (tertiary/aromatic N) is 1. The molecule has 0 saturated heterocycles. The van der Waals surface area contributed by atoms with Gasteiger partial charge < -0.3 is 19.0 Å². The third kappa shape index (κ3) is 6.00. The van der Waals surface area contributed by atoms with Crippen LogP contribution in [0.2, 0.25) is 0 Å². The predicted octanol–water partition coefficient (Wildman–Crippen LogP) is 5.29. The fourth-order valence-corrected chi connectivity index (χ4v) is 3.72. The molecule has 2 rings (SSSR count). The van der Waals surface area contributed by atoms with Crippen LogP contribution in [0.1, 0.15) is 43.8 Å². The summed E-state index contributed by atoms with van der Waals surface area (Å²) in [6.07, 6.45) is 4.21. The monoisotopic (exact) mass is 413 g/mol. The van der Waals surface area contributed by atoms with E-state index in [1.54, 1.807) is 26.4 Å². The minimum atomic E-state index is -1.11. The zero-order valence-corrected chi connectivity index (χ0v) is 18.7. The largest absolute Gasteiger partial charge is 0.493 e. The smallest absolute Gasteiger partial charge is 0.165 e. The van der Waals surface area contributed by atoms with E-state index >= 15 is 0 Å². The number of furan rings is 1. The number of para-hydroxylation sites is 1. The summed E-state index contributed by atoms with van der Waals surface area (Å²) >= 11 is 0. The summed E-state index contributed by atoms with van der Waals surface area (Å²) in [5.41, 5.74) is -0.0558.